The van der Waals surface area contributed by atoms with Crippen LogP contribution >= 0.6 is 24.0 Å². The van der Waals surface area contributed by atoms with Gasteiger partial charge in [0.2, 0.25) is 0 Å². The second-order valence-corrected chi connectivity index (χ2v) is 5.65. The van der Waals surface area contributed by atoms with Gasteiger partial charge in [-0.3, -0.25) is 0 Å². The van der Waals surface area contributed by atoms with Crippen molar-refractivity contribution in [3.63, 3.8) is 0 Å². The molecular weight excluding hydrogens is 329 g/mol. The highest BCUT2D eigenvalue weighted by Gasteiger charge is 2.08. The van der Waals surface area contributed by atoms with Crippen molar-refractivity contribution in [1.82, 2.24) is 5.32 Å². The van der Waals surface area contributed by atoms with E-state index in [0.717, 1.165) is 22.9 Å². The van der Waals surface area contributed by atoms with Crippen molar-refractivity contribution < 1.29 is 4.74 Å². The molecule has 120 valence electrons. The highest BCUT2D eigenvalue weighted by molar-refractivity contribution is 6.30. The van der Waals surface area contributed by atoms with Crippen molar-refractivity contribution in [3.8, 4) is 5.75 Å². The van der Waals surface area contributed by atoms with Gasteiger partial charge in [0.05, 0.1) is 0 Å². The van der Waals surface area contributed by atoms with Crippen molar-refractivity contribution >= 4 is 34.8 Å². The molecule has 0 heterocycles. The second-order valence-electron chi connectivity index (χ2n) is 5.21. The van der Waals surface area contributed by atoms with Crippen LogP contribution in [0.25, 0.3) is 10.8 Å². The normalized spacial score (nSPS) is 10.3. The first-order valence-electron chi connectivity index (χ1n) is 7.30. The number of hydrogen-bond acceptors (Lipinski definition) is 2. The first-order valence-corrected chi connectivity index (χ1v) is 7.68. The molecule has 3 aromatic rings. The Kier molecular flexibility index (Phi) is 6.28. The molecule has 23 heavy (non-hydrogen) atoms. The summed E-state index contributed by atoms with van der Waals surface area (Å²) in [5.41, 5.74) is 2.29. The third-order valence-corrected chi connectivity index (χ3v) is 3.91. The van der Waals surface area contributed by atoms with Gasteiger partial charge in [0.1, 0.15) is 12.4 Å². The van der Waals surface area contributed by atoms with Crippen molar-refractivity contribution in [3.05, 3.63) is 76.8 Å². The van der Waals surface area contributed by atoms with Crippen LogP contribution in [0.2, 0.25) is 5.02 Å². The molecule has 0 aliphatic rings. The van der Waals surface area contributed by atoms with Gasteiger partial charge in [-0.2, -0.15) is 0 Å². The molecule has 0 saturated carbocycles. The highest BCUT2D eigenvalue weighted by Crippen LogP contribution is 2.28. The zero-order valence-electron chi connectivity index (χ0n) is 12.9. The van der Waals surface area contributed by atoms with E-state index in [1.54, 1.807) is 0 Å². The number of nitrogens with one attached hydrogen (secondary N) is 1. The molecule has 3 rings (SSSR count). The lowest BCUT2D eigenvalue weighted by Gasteiger charge is -2.14. The summed E-state index contributed by atoms with van der Waals surface area (Å²) >= 11 is 5.91. The second kappa shape index (κ2) is 8.21. The molecular formula is C19H19Cl2NO. The lowest BCUT2D eigenvalue weighted by atomic mass is 10.0. The molecule has 1 N–H and O–H groups in total. The fourth-order valence-corrected chi connectivity index (χ4v) is 2.68. The molecule has 0 amide bonds. The zero-order chi connectivity index (χ0) is 15.4. The highest BCUT2D eigenvalue weighted by atomic mass is 35.5. The molecule has 0 aliphatic heterocycles. The quantitative estimate of drug-likeness (QED) is 0.683. The third kappa shape index (κ3) is 4.17. The lowest BCUT2D eigenvalue weighted by Crippen LogP contribution is -2.08. The van der Waals surface area contributed by atoms with Crippen LogP contribution in [0, 0.1) is 0 Å². The Labute approximate surface area is 147 Å². The van der Waals surface area contributed by atoms with Crippen molar-refractivity contribution in [2.24, 2.45) is 0 Å². The minimum Gasteiger partial charge on any atom is -0.489 e. The van der Waals surface area contributed by atoms with Crippen LogP contribution in [-0.2, 0) is 13.2 Å². The summed E-state index contributed by atoms with van der Waals surface area (Å²) in [7, 11) is 1.95. The van der Waals surface area contributed by atoms with E-state index in [2.05, 4.69) is 35.6 Å². The van der Waals surface area contributed by atoms with E-state index in [9.17, 15) is 0 Å². The van der Waals surface area contributed by atoms with E-state index < -0.39 is 0 Å². The standard InChI is InChI=1S/C19H18ClNO.ClH/c1-21-12-18-17-5-3-2-4-15(17)8-11-19(18)22-13-14-6-9-16(20)10-7-14;/h2-11,21H,12-13H2,1H3;1H. The first-order chi connectivity index (χ1) is 10.8. The average Bonchev–Trinajstić information content (AvgIpc) is 2.56. The number of halogens is 2. The van der Waals surface area contributed by atoms with Crippen LogP contribution in [0.15, 0.2) is 60.7 Å². The van der Waals surface area contributed by atoms with E-state index in [1.165, 1.54) is 16.3 Å². The summed E-state index contributed by atoms with van der Waals surface area (Å²) in [5.74, 6) is 0.919. The topological polar surface area (TPSA) is 21.3 Å². The van der Waals surface area contributed by atoms with Gasteiger partial charge in [0, 0.05) is 17.1 Å². The summed E-state index contributed by atoms with van der Waals surface area (Å²) in [4.78, 5) is 0. The lowest BCUT2D eigenvalue weighted by molar-refractivity contribution is 0.303. The third-order valence-electron chi connectivity index (χ3n) is 3.66. The van der Waals surface area contributed by atoms with Gasteiger partial charge >= 0.3 is 0 Å². The first kappa shape index (κ1) is 17.6. The van der Waals surface area contributed by atoms with Gasteiger partial charge in [-0.25, -0.2) is 0 Å². The Morgan fingerprint density at radius 1 is 0.957 bits per heavy atom. The van der Waals surface area contributed by atoms with E-state index in [0.29, 0.717) is 6.61 Å². The molecule has 0 saturated heterocycles. The van der Waals surface area contributed by atoms with Crippen LogP contribution < -0.4 is 10.1 Å². The van der Waals surface area contributed by atoms with Crippen molar-refractivity contribution in [2.45, 2.75) is 13.2 Å². The van der Waals surface area contributed by atoms with Crippen LogP contribution in [0.4, 0.5) is 0 Å². The van der Waals surface area contributed by atoms with Crippen LogP contribution in [0.3, 0.4) is 0 Å². The van der Waals surface area contributed by atoms with Crippen LogP contribution in [0.1, 0.15) is 11.1 Å². The Morgan fingerprint density at radius 2 is 1.70 bits per heavy atom. The molecule has 0 fully saturated rings. The largest absolute Gasteiger partial charge is 0.489 e. The molecule has 3 aromatic carbocycles. The Hall–Kier alpha value is -1.74. The molecule has 0 aromatic heterocycles. The number of benzene rings is 3. The van der Waals surface area contributed by atoms with Gasteiger partial charge in [-0.15, -0.1) is 12.4 Å². The predicted molar refractivity (Wildman–Crippen MR) is 99.7 cm³/mol. The maximum atomic E-state index is 6.04. The van der Waals surface area contributed by atoms with Gasteiger partial charge in [0.15, 0.2) is 0 Å². The number of hydrogen-bond donors (Lipinski definition) is 1. The number of fused-ring (bicyclic) bond motifs is 1. The molecule has 0 spiro atoms. The van der Waals surface area contributed by atoms with Crippen LogP contribution in [-0.4, -0.2) is 7.05 Å². The van der Waals surface area contributed by atoms with E-state index in [4.69, 9.17) is 16.3 Å². The smallest absolute Gasteiger partial charge is 0.124 e. The molecule has 0 radical (unpaired) electrons. The average molecular weight is 348 g/mol. The fraction of sp³-hybridized carbons (Fsp3) is 0.158. The molecule has 0 atom stereocenters. The number of ether oxygens (including phenoxy) is 1. The monoisotopic (exact) mass is 347 g/mol. The maximum Gasteiger partial charge on any atom is 0.124 e. The maximum absolute atomic E-state index is 6.04. The molecule has 4 heteroatoms. The van der Waals surface area contributed by atoms with E-state index >= 15 is 0 Å². The molecule has 0 aliphatic carbocycles. The minimum atomic E-state index is 0. The molecule has 0 bridgehead atoms. The van der Waals surface area contributed by atoms with Crippen molar-refractivity contribution in [1.29, 1.82) is 0 Å². The fourth-order valence-electron chi connectivity index (χ4n) is 2.55. The van der Waals surface area contributed by atoms with Crippen molar-refractivity contribution in [2.75, 3.05) is 7.05 Å². The molecule has 0 unspecified atom stereocenters. The Balaban J connectivity index is 0.00000192. The van der Waals surface area contributed by atoms with E-state index in [-0.39, 0.29) is 12.4 Å². The van der Waals surface area contributed by atoms with Crippen LogP contribution in [0.5, 0.6) is 5.75 Å². The summed E-state index contributed by atoms with van der Waals surface area (Å²) in [6.45, 7) is 1.31. The Bertz CT molecular complexity index is 772. The summed E-state index contributed by atoms with van der Waals surface area (Å²) < 4.78 is 6.04. The van der Waals surface area contributed by atoms with Gasteiger partial charge in [-0.05, 0) is 41.6 Å². The predicted octanol–water partition coefficient (Wildman–Crippen LogP) is 5.21. The SMILES string of the molecule is CNCc1c(OCc2ccc(Cl)cc2)ccc2ccccc12.Cl. The van der Waals surface area contributed by atoms with Gasteiger partial charge < -0.3 is 10.1 Å². The van der Waals surface area contributed by atoms with Gasteiger partial charge in [0.25, 0.3) is 0 Å². The summed E-state index contributed by atoms with van der Waals surface area (Å²) in [6, 6.07) is 20.3. The minimum absolute atomic E-state index is 0. The number of rotatable bonds is 5. The Morgan fingerprint density at radius 3 is 2.43 bits per heavy atom. The summed E-state index contributed by atoms with van der Waals surface area (Å²) in [6.07, 6.45) is 0. The summed E-state index contributed by atoms with van der Waals surface area (Å²) in [5, 5.41) is 6.42. The van der Waals surface area contributed by atoms with Gasteiger partial charge in [-0.1, -0.05) is 54.1 Å². The molecule has 2 nitrogen and oxygen atoms in total. The van der Waals surface area contributed by atoms with E-state index in [1.807, 2.05) is 37.4 Å². The zero-order valence-corrected chi connectivity index (χ0v) is 14.5.